The second kappa shape index (κ2) is 5.67. The van der Waals surface area contributed by atoms with Crippen molar-refractivity contribution in [2.45, 2.75) is 39.7 Å². The van der Waals surface area contributed by atoms with Crippen LogP contribution >= 0.6 is 11.3 Å². The van der Waals surface area contributed by atoms with Gasteiger partial charge in [-0.25, -0.2) is 4.98 Å². The maximum atomic E-state index is 11.9. The van der Waals surface area contributed by atoms with Crippen molar-refractivity contribution in [3.05, 3.63) is 23.3 Å². The summed E-state index contributed by atoms with van der Waals surface area (Å²) in [5.41, 5.74) is 9.07. The first-order valence-electron chi connectivity index (χ1n) is 6.45. The van der Waals surface area contributed by atoms with Crippen LogP contribution in [-0.2, 0) is 4.79 Å². The van der Waals surface area contributed by atoms with Gasteiger partial charge in [-0.3, -0.25) is 4.79 Å². The highest BCUT2D eigenvalue weighted by molar-refractivity contribution is 7.22. The zero-order valence-electron chi connectivity index (χ0n) is 11.5. The Morgan fingerprint density at radius 3 is 2.89 bits per heavy atom. The molecule has 1 atom stereocenters. The van der Waals surface area contributed by atoms with Crippen molar-refractivity contribution >= 4 is 32.6 Å². The lowest BCUT2D eigenvalue weighted by molar-refractivity contribution is -0.117. The number of benzene rings is 1. The molecule has 1 aromatic carbocycles. The van der Waals surface area contributed by atoms with E-state index in [0.29, 0.717) is 11.6 Å². The second-order valence-electron chi connectivity index (χ2n) is 4.83. The number of nitrogens with one attached hydrogen (secondary N) is 1. The van der Waals surface area contributed by atoms with Crippen LogP contribution in [0.15, 0.2) is 12.1 Å². The van der Waals surface area contributed by atoms with E-state index in [1.54, 1.807) is 0 Å². The van der Waals surface area contributed by atoms with Gasteiger partial charge in [-0.05, 0) is 37.5 Å². The van der Waals surface area contributed by atoms with Crippen molar-refractivity contribution in [2.75, 3.05) is 5.32 Å². The molecule has 0 spiro atoms. The fourth-order valence-corrected chi connectivity index (χ4v) is 3.11. The molecule has 0 saturated heterocycles. The summed E-state index contributed by atoms with van der Waals surface area (Å²) in [6.45, 7) is 6.10. The van der Waals surface area contributed by atoms with Crippen LogP contribution < -0.4 is 11.1 Å². The van der Waals surface area contributed by atoms with Crippen LogP contribution in [0.5, 0.6) is 0 Å². The topological polar surface area (TPSA) is 68.0 Å². The number of nitrogens with zero attached hydrogens (tertiary/aromatic N) is 1. The number of rotatable bonds is 4. The van der Waals surface area contributed by atoms with Crippen LogP contribution in [0, 0.1) is 13.8 Å². The van der Waals surface area contributed by atoms with Gasteiger partial charge in [-0.2, -0.15) is 0 Å². The predicted molar refractivity (Wildman–Crippen MR) is 80.6 cm³/mol. The summed E-state index contributed by atoms with van der Waals surface area (Å²) in [6, 6.07) is 3.72. The summed E-state index contributed by atoms with van der Waals surface area (Å²) < 4.78 is 1.09. The molecule has 4 nitrogen and oxygen atoms in total. The van der Waals surface area contributed by atoms with Crippen molar-refractivity contribution in [2.24, 2.45) is 5.73 Å². The molecule has 2 aromatic rings. The first-order valence-corrected chi connectivity index (χ1v) is 7.27. The van der Waals surface area contributed by atoms with E-state index >= 15 is 0 Å². The van der Waals surface area contributed by atoms with Crippen LogP contribution in [0.4, 0.5) is 5.13 Å². The molecule has 102 valence electrons. The van der Waals surface area contributed by atoms with Gasteiger partial charge >= 0.3 is 0 Å². The third-order valence-corrected chi connectivity index (χ3v) is 3.91. The molecule has 0 radical (unpaired) electrons. The molecule has 2 rings (SSSR count). The number of amides is 1. The molecule has 0 aliphatic heterocycles. The first kappa shape index (κ1) is 14.0. The first-order chi connectivity index (χ1) is 9.01. The lowest BCUT2D eigenvalue weighted by Crippen LogP contribution is -2.35. The minimum absolute atomic E-state index is 0.157. The van der Waals surface area contributed by atoms with Crippen molar-refractivity contribution in [3.8, 4) is 0 Å². The molecule has 0 saturated carbocycles. The summed E-state index contributed by atoms with van der Waals surface area (Å²) >= 11 is 1.49. The molecule has 0 bridgehead atoms. The second-order valence-corrected chi connectivity index (χ2v) is 5.86. The zero-order valence-corrected chi connectivity index (χ0v) is 12.3. The van der Waals surface area contributed by atoms with Crippen molar-refractivity contribution in [1.29, 1.82) is 0 Å². The molecule has 0 aliphatic rings. The van der Waals surface area contributed by atoms with Crippen molar-refractivity contribution in [1.82, 2.24) is 4.98 Å². The lowest BCUT2D eigenvalue weighted by Gasteiger charge is -2.08. The van der Waals surface area contributed by atoms with Gasteiger partial charge in [0.1, 0.15) is 0 Å². The smallest absolute Gasteiger partial charge is 0.243 e. The molecule has 0 aliphatic carbocycles. The highest BCUT2D eigenvalue weighted by Crippen LogP contribution is 2.29. The Balaban J connectivity index is 2.22. The van der Waals surface area contributed by atoms with E-state index in [2.05, 4.69) is 29.4 Å². The average molecular weight is 277 g/mol. The summed E-state index contributed by atoms with van der Waals surface area (Å²) in [4.78, 5) is 16.3. The number of aromatic nitrogens is 1. The minimum Gasteiger partial charge on any atom is -0.320 e. The predicted octanol–water partition coefficient (Wildman–Crippen LogP) is 2.98. The zero-order chi connectivity index (χ0) is 14.0. The fourth-order valence-electron chi connectivity index (χ4n) is 2.06. The standard InChI is InChI=1S/C14H19N3OS/c1-4-5-10(15)13(18)17-14-16-12-9(3)6-8(2)7-11(12)19-14/h6-7,10H,4-5,15H2,1-3H3,(H,16,17,18). The maximum absolute atomic E-state index is 11.9. The van der Waals surface area contributed by atoms with Gasteiger partial charge in [0, 0.05) is 0 Å². The quantitative estimate of drug-likeness (QED) is 0.902. The van der Waals surface area contributed by atoms with Gasteiger partial charge in [0.05, 0.1) is 16.3 Å². The van der Waals surface area contributed by atoms with Gasteiger partial charge < -0.3 is 11.1 Å². The van der Waals surface area contributed by atoms with E-state index in [9.17, 15) is 4.79 Å². The van der Waals surface area contributed by atoms with Crippen molar-refractivity contribution < 1.29 is 4.79 Å². The highest BCUT2D eigenvalue weighted by Gasteiger charge is 2.15. The average Bonchev–Trinajstić information content (AvgIpc) is 2.72. The number of fused-ring (bicyclic) bond motifs is 1. The third kappa shape index (κ3) is 3.11. The Labute approximate surface area is 117 Å². The largest absolute Gasteiger partial charge is 0.320 e. The SMILES string of the molecule is CCCC(N)C(=O)Nc1nc2c(C)cc(C)cc2s1. The van der Waals surface area contributed by atoms with E-state index in [1.165, 1.54) is 16.9 Å². The molecule has 1 amide bonds. The number of nitrogens with two attached hydrogens (primary N) is 1. The van der Waals surface area contributed by atoms with E-state index in [4.69, 9.17) is 5.73 Å². The number of hydrogen-bond donors (Lipinski definition) is 2. The molecule has 3 N–H and O–H groups in total. The Morgan fingerprint density at radius 1 is 1.47 bits per heavy atom. The summed E-state index contributed by atoms with van der Waals surface area (Å²) in [6.07, 6.45) is 1.58. The van der Waals surface area contributed by atoms with Gasteiger partial charge in [0.2, 0.25) is 5.91 Å². The van der Waals surface area contributed by atoms with E-state index in [0.717, 1.165) is 22.2 Å². The van der Waals surface area contributed by atoms with Crippen molar-refractivity contribution in [3.63, 3.8) is 0 Å². The fraction of sp³-hybridized carbons (Fsp3) is 0.429. The Kier molecular flexibility index (Phi) is 4.17. The van der Waals surface area contributed by atoms with E-state index in [-0.39, 0.29) is 5.91 Å². The number of carbonyl (C=O) groups is 1. The monoisotopic (exact) mass is 277 g/mol. The maximum Gasteiger partial charge on any atom is 0.243 e. The van der Waals surface area contributed by atoms with Gasteiger partial charge in [0.25, 0.3) is 0 Å². The van der Waals surface area contributed by atoms with Gasteiger partial charge in [0.15, 0.2) is 5.13 Å². The van der Waals surface area contributed by atoms with Crippen LogP contribution in [0.25, 0.3) is 10.2 Å². The summed E-state index contributed by atoms with van der Waals surface area (Å²) in [5, 5.41) is 3.43. The van der Waals surface area contributed by atoms with Crippen LogP contribution in [0.1, 0.15) is 30.9 Å². The molecule has 19 heavy (non-hydrogen) atoms. The lowest BCUT2D eigenvalue weighted by atomic mass is 10.1. The van der Waals surface area contributed by atoms with Crippen LogP contribution in [-0.4, -0.2) is 16.9 Å². The molecule has 1 heterocycles. The third-order valence-electron chi connectivity index (χ3n) is 3.00. The van der Waals surface area contributed by atoms with Gasteiger partial charge in [-0.15, -0.1) is 0 Å². The summed E-state index contributed by atoms with van der Waals surface area (Å²) in [5.74, 6) is -0.157. The Morgan fingerprint density at radius 2 is 2.21 bits per heavy atom. The number of hydrogen-bond acceptors (Lipinski definition) is 4. The van der Waals surface area contributed by atoms with E-state index < -0.39 is 6.04 Å². The molecule has 1 aromatic heterocycles. The number of thiazole rings is 1. The minimum atomic E-state index is -0.458. The number of carbonyl (C=O) groups excluding carboxylic acids is 1. The van der Waals surface area contributed by atoms with Gasteiger partial charge in [-0.1, -0.05) is 30.7 Å². The van der Waals surface area contributed by atoms with E-state index in [1.807, 2.05) is 13.8 Å². The normalized spacial score (nSPS) is 12.6. The molecule has 0 fully saturated rings. The van der Waals surface area contributed by atoms with Crippen LogP contribution in [0.3, 0.4) is 0 Å². The highest BCUT2D eigenvalue weighted by atomic mass is 32.1. The van der Waals surface area contributed by atoms with Crippen LogP contribution in [0.2, 0.25) is 0 Å². The Bertz CT molecular complexity index is 606. The molecular formula is C14H19N3OS. The Hall–Kier alpha value is -1.46. The number of anilines is 1. The molecule has 1 unspecified atom stereocenters. The molecule has 5 heteroatoms. The molecular weight excluding hydrogens is 258 g/mol. The summed E-state index contributed by atoms with van der Waals surface area (Å²) in [7, 11) is 0. The number of aryl methyl sites for hydroxylation is 2.